The molecule has 0 radical (unpaired) electrons. The highest BCUT2D eigenvalue weighted by Crippen LogP contribution is 2.36. The molecule has 1 aliphatic heterocycles. The first-order chi connectivity index (χ1) is 15.5. The van der Waals surface area contributed by atoms with Gasteiger partial charge < -0.3 is 15.4 Å². The Bertz CT molecular complexity index is 1200. The highest BCUT2D eigenvalue weighted by Gasteiger charge is 2.39. The molecule has 0 saturated carbocycles. The molecule has 1 saturated heterocycles. The quantitative estimate of drug-likeness (QED) is 0.455. The molecule has 33 heavy (non-hydrogen) atoms. The van der Waals surface area contributed by atoms with Crippen molar-refractivity contribution in [3.8, 4) is 11.1 Å². The zero-order valence-electron chi connectivity index (χ0n) is 18.6. The van der Waals surface area contributed by atoms with Crippen LogP contribution in [-0.4, -0.2) is 49.9 Å². The monoisotopic (exact) mass is 490 g/mol. The SMILES string of the molecule is CC(C)=CC(=O)Nc1scc(-c2ccccc2)c1C(=O)OCC(=O)NC1(C)CCS(=O)(=O)C1. The Balaban J connectivity index is 1.77. The number of hydrogen-bond donors (Lipinski definition) is 2. The van der Waals surface area contributed by atoms with Gasteiger partial charge in [-0.05, 0) is 32.8 Å². The minimum Gasteiger partial charge on any atom is -0.452 e. The summed E-state index contributed by atoms with van der Waals surface area (Å²) in [4.78, 5) is 37.6. The Morgan fingerprint density at radius 1 is 1.18 bits per heavy atom. The number of anilines is 1. The van der Waals surface area contributed by atoms with E-state index in [2.05, 4.69) is 10.6 Å². The molecule has 0 spiro atoms. The van der Waals surface area contributed by atoms with E-state index < -0.39 is 33.9 Å². The zero-order valence-corrected chi connectivity index (χ0v) is 20.3. The molecule has 1 fully saturated rings. The standard InChI is InChI=1S/C23H26N2O6S2/c1-15(2)11-18(26)24-21-20(17(13-32-21)16-7-5-4-6-8-16)22(28)31-12-19(27)25-23(3)9-10-33(29,30)14-23/h4-8,11,13H,9-10,12,14H2,1-3H3,(H,24,26)(H,25,27). The summed E-state index contributed by atoms with van der Waals surface area (Å²) < 4.78 is 28.7. The fourth-order valence-corrected chi connectivity index (χ4v) is 6.63. The molecule has 1 aromatic heterocycles. The summed E-state index contributed by atoms with van der Waals surface area (Å²) in [6.07, 6.45) is 1.72. The minimum absolute atomic E-state index is 0.00759. The van der Waals surface area contributed by atoms with Gasteiger partial charge in [0.2, 0.25) is 5.91 Å². The molecule has 0 aliphatic carbocycles. The lowest BCUT2D eigenvalue weighted by Gasteiger charge is -2.23. The lowest BCUT2D eigenvalue weighted by atomic mass is 10.0. The molecular formula is C23H26N2O6S2. The van der Waals surface area contributed by atoms with Crippen LogP contribution in [0.3, 0.4) is 0 Å². The van der Waals surface area contributed by atoms with Gasteiger partial charge in [0.25, 0.3) is 5.91 Å². The predicted octanol–water partition coefficient (Wildman–Crippen LogP) is 3.17. The molecule has 2 aromatic rings. The molecule has 8 nitrogen and oxygen atoms in total. The Hall–Kier alpha value is -2.98. The second kappa shape index (κ2) is 9.88. The van der Waals surface area contributed by atoms with Crippen molar-refractivity contribution in [2.45, 2.75) is 32.7 Å². The summed E-state index contributed by atoms with van der Waals surface area (Å²) in [7, 11) is -3.19. The van der Waals surface area contributed by atoms with Crippen LogP contribution in [0.15, 0.2) is 47.4 Å². The van der Waals surface area contributed by atoms with Gasteiger partial charge in [-0.3, -0.25) is 9.59 Å². The largest absolute Gasteiger partial charge is 0.452 e. The van der Waals surface area contributed by atoms with Gasteiger partial charge in [0, 0.05) is 17.0 Å². The van der Waals surface area contributed by atoms with Gasteiger partial charge >= 0.3 is 5.97 Å². The highest BCUT2D eigenvalue weighted by molar-refractivity contribution is 7.91. The number of hydrogen-bond acceptors (Lipinski definition) is 7. The lowest BCUT2D eigenvalue weighted by Crippen LogP contribution is -2.48. The number of carbonyl (C=O) groups is 3. The maximum Gasteiger partial charge on any atom is 0.342 e. The fourth-order valence-electron chi connectivity index (χ4n) is 3.58. The molecular weight excluding hydrogens is 464 g/mol. The number of benzene rings is 1. The molecule has 2 N–H and O–H groups in total. The average molecular weight is 491 g/mol. The maximum absolute atomic E-state index is 13.0. The molecule has 0 bridgehead atoms. The average Bonchev–Trinajstić information content (AvgIpc) is 3.25. The number of amides is 2. The van der Waals surface area contributed by atoms with Crippen LogP contribution in [0.5, 0.6) is 0 Å². The molecule has 3 rings (SSSR count). The molecule has 1 aromatic carbocycles. The summed E-state index contributed by atoms with van der Waals surface area (Å²) in [6, 6.07) is 9.16. The van der Waals surface area contributed by atoms with Crippen LogP contribution in [0.1, 0.15) is 37.6 Å². The van der Waals surface area contributed by atoms with Gasteiger partial charge in [0.05, 0.1) is 17.0 Å². The smallest absolute Gasteiger partial charge is 0.342 e. The van der Waals surface area contributed by atoms with Gasteiger partial charge in [-0.15, -0.1) is 11.3 Å². The topological polar surface area (TPSA) is 119 Å². The predicted molar refractivity (Wildman–Crippen MR) is 128 cm³/mol. The molecule has 1 aliphatic rings. The Labute approximate surface area is 197 Å². The number of rotatable bonds is 7. The van der Waals surface area contributed by atoms with E-state index in [-0.39, 0.29) is 23.0 Å². The number of allylic oxidation sites excluding steroid dienone is 1. The molecule has 176 valence electrons. The summed E-state index contributed by atoms with van der Waals surface area (Å²) in [5.74, 6) is -1.87. The molecule has 10 heteroatoms. The summed E-state index contributed by atoms with van der Waals surface area (Å²) >= 11 is 1.19. The van der Waals surface area contributed by atoms with Gasteiger partial charge in [-0.1, -0.05) is 35.9 Å². The molecule has 1 atom stereocenters. The van der Waals surface area contributed by atoms with Crippen molar-refractivity contribution in [2.24, 2.45) is 0 Å². The number of sulfone groups is 1. The van der Waals surface area contributed by atoms with E-state index >= 15 is 0 Å². The van der Waals surface area contributed by atoms with E-state index in [0.717, 1.165) is 11.1 Å². The Morgan fingerprint density at radius 2 is 1.88 bits per heavy atom. The summed E-state index contributed by atoms with van der Waals surface area (Å²) in [5, 5.41) is 7.43. The van der Waals surface area contributed by atoms with E-state index in [1.165, 1.54) is 17.4 Å². The number of ether oxygens (including phenoxy) is 1. The van der Waals surface area contributed by atoms with Gasteiger partial charge in [-0.2, -0.15) is 0 Å². The van der Waals surface area contributed by atoms with Gasteiger partial charge in [0.1, 0.15) is 10.6 Å². The Morgan fingerprint density at radius 3 is 2.48 bits per heavy atom. The number of esters is 1. The third-order valence-electron chi connectivity index (χ3n) is 5.02. The van der Waals surface area contributed by atoms with Crippen LogP contribution in [0.25, 0.3) is 11.1 Å². The van der Waals surface area contributed by atoms with Crippen LogP contribution in [0.4, 0.5) is 5.00 Å². The highest BCUT2D eigenvalue weighted by atomic mass is 32.2. The maximum atomic E-state index is 13.0. The number of nitrogens with one attached hydrogen (secondary N) is 2. The van der Waals surface area contributed by atoms with E-state index in [0.29, 0.717) is 17.0 Å². The first-order valence-corrected chi connectivity index (χ1v) is 13.0. The number of carbonyl (C=O) groups excluding carboxylic acids is 3. The van der Waals surface area contributed by atoms with E-state index in [4.69, 9.17) is 4.74 Å². The van der Waals surface area contributed by atoms with Crippen molar-refractivity contribution in [2.75, 3.05) is 23.4 Å². The summed E-state index contributed by atoms with van der Waals surface area (Å²) in [5.41, 5.74) is 1.41. The van der Waals surface area contributed by atoms with Crippen LogP contribution < -0.4 is 10.6 Å². The minimum atomic E-state index is -3.19. The van der Waals surface area contributed by atoms with Crippen molar-refractivity contribution >= 4 is 44.0 Å². The first-order valence-electron chi connectivity index (χ1n) is 10.3. The Kier molecular flexibility index (Phi) is 7.38. The zero-order chi connectivity index (χ0) is 24.2. The fraction of sp³-hybridized carbons (Fsp3) is 0.348. The van der Waals surface area contributed by atoms with E-state index in [1.807, 2.05) is 30.3 Å². The van der Waals surface area contributed by atoms with Crippen LogP contribution in [0, 0.1) is 0 Å². The van der Waals surface area contributed by atoms with Crippen molar-refractivity contribution in [3.05, 3.63) is 52.9 Å². The van der Waals surface area contributed by atoms with Gasteiger partial charge in [-0.25, -0.2) is 13.2 Å². The normalized spacial score (nSPS) is 18.9. The van der Waals surface area contributed by atoms with Crippen molar-refractivity contribution in [3.63, 3.8) is 0 Å². The second-order valence-corrected chi connectivity index (χ2v) is 11.5. The van der Waals surface area contributed by atoms with Crippen molar-refractivity contribution in [1.82, 2.24) is 5.32 Å². The molecule has 2 heterocycles. The molecule has 1 unspecified atom stereocenters. The third-order valence-corrected chi connectivity index (χ3v) is 7.81. The van der Waals surface area contributed by atoms with E-state index in [1.54, 1.807) is 26.2 Å². The van der Waals surface area contributed by atoms with Gasteiger partial charge in [0.15, 0.2) is 16.4 Å². The first kappa shape index (κ1) is 24.7. The van der Waals surface area contributed by atoms with Crippen LogP contribution in [0.2, 0.25) is 0 Å². The summed E-state index contributed by atoms with van der Waals surface area (Å²) in [6.45, 7) is 4.65. The van der Waals surface area contributed by atoms with Crippen molar-refractivity contribution < 1.29 is 27.5 Å². The van der Waals surface area contributed by atoms with Crippen molar-refractivity contribution in [1.29, 1.82) is 0 Å². The van der Waals surface area contributed by atoms with Crippen LogP contribution in [-0.2, 0) is 24.2 Å². The van der Waals surface area contributed by atoms with E-state index in [9.17, 15) is 22.8 Å². The lowest BCUT2D eigenvalue weighted by molar-refractivity contribution is -0.125. The number of thiophene rings is 1. The second-order valence-electron chi connectivity index (χ2n) is 8.46. The molecule has 2 amide bonds. The third kappa shape index (κ3) is 6.52. The van der Waals surface area contributed by atoms with Crippen LogP contribution >= 0.6 is 11.3 Å².